The van der Waals surface area contributed by atoms with E-state index in [9.17, 15) is 24.5 Å². The van der Waals surface area contributed by atoms with Crippen LogP contribution in [0.3, 0.4) is 0 Å². The fraction of sp³-hybridized carbons (Fsp3) is 0.192. The van der Waals surface area contributed by atoms with Crippen molar-refractivity contribution >= 4 is 34.8 Å². The van der Waals surface area contributed by atoms with Crippen LogP contribution in [0, 0.1) is 10.1 Å². The minimum absolute atomic E-state index is 0.0723. The summed E-state index contributed by atoms with van der Waals surface area (Å²) in [5.41, 5.74) is 3.11. The molecule has 2 aliphatic rings. The van der Waals surface area contributed by atoms with Crippen molar-refractivity contribution in [2.45, 2.75) is 25.9 Å². The largest absolute Gasteiger partial charge is 0.367 e. The molecule has 0 saturated carbocycles. The molecule has 0 bridgehead atoms. The number of hydrogen-bond donors (Lipinski definition) is 1. The van der Waals surface area contributed by atoms with Gasteiger partial charge in [-0.15, -0.1) is 0 Å². The van der Waals surface area contributed by atoms with E-state index >= 15 is 0 Å². The number of nitrogens with one attached hydrogen (secondary N) is 1. The Labute approximate surface area is 201 Å². The number of amides is 3. The summed E-state index contributed by atoms with van der Waals surface area (Å²) in [4.78, 5) is 52.7. The maximum absolute atomic E-state index is 13.1. The zero-order valence-electron chi connectivity index (χ0n) is 18.9. The lowest BCUT2D eigenvalue weighted by atomic mass is 10.1. The molecule has 0 fully saturated rings. The summed E-state index contributed by atoms with van der Waals surface area (Å²) in [5, 5.41) is 14.2. The van der Waals surface area contributed by atoms with E-state index in [1.807, 2.05) is 24.3 Å². The van der Waals surface area contributed by atoms with Crippen LogP contribution in [0.1, 0.15) is 38.8 Å². The molecule has 0 radical (unpaired) electrons. The predicted molar refractivity (Wildman–Crippen MR) is 129 cm³/mol. The van der Waals surface area contributed by atoms with Crippen LogP contribution in [0.5, 0.6) is 0 Å². The van der Waals surface area contributed by atoms with Crippen molar-refractivity contribution < 1.29 is 19.3 Å². The van der Waals surface area contributed by atoms with Gasteiger partial charge in [-0.1, -0.05) is 42.5 Å². The Balaban J connectivity index is 1.36. The topological polar surface area (TPSA) is 113 Å². The lowest BCUT2D eigenvalue weighted by molar-refractivity contribution is -0.385. The monoisotopic (exact) mass is 470 g/mol. The first-order chi connectivity index (χ1) is 16.9. The second-order valence-electron chi connectivity index (χ2n) is 8.56. The molecule has 0 saturated heterocycles. The maximum Gasteiger partial charge on any atom is 0.282 e. The van der Waals surface area contributed by atoms with E-state index in [0.29, 0.717) is 12.2 Å². The second-order valence-corrected chi connectivity index (χ2v) is 8.56. The molecule has 5 rings (SSSR count). The lowest BCUT2D eigenvalue weighted by Crippen LogP contribution is -2.45. The van der Waals surface area contributed by atoms with Gasteiger partial charge in [0.1, 0.15) is 11.6 Å². The Morgan fingerprint density at radius 2 is 1.77 bits per heavy atom. The molecular weight excluding hydrogens is 448 g/mol. The Bertz CT molecular complexity index is 1390. The molecule has 2 heterocycles. The van der Waals surface area contributed by atoms with E-state index in [-0.39, 0.29) is 11.1 Å². The maximum atomic E-state index is 13.1. The molecule has 3 amide bonds. The summed E-state index contributed by atoms with van der Waals surface area (Å²) in [6.07, 6.45) is 0.952. The number of nitrogens with zero attached hydrogens (tertiary/aromatic N) is 3. The van der Waals surface area contributed by atoms with Crippen LogP contribution in [-0.2, 0) is 17.8 Å². The number of benzene rings is 3. The normalized spacial score (nSPS) is 15.1. The zero-order valence-corrected chi connectivity index (χ0v) is 18.9. The average molecular weight is 470 g/mol. The summed E-state index contributed by atoms with van der Waals surface area (Å²) in [7, 11) is 0. The van der Waals surface area contributed by atoms with Crippen LogP contribution in [0.15, 0.2) is 66.7 Å². The highest BCUT2D eigenvalue weighted by molar-refractivity contribution is 6.24. The van der Waals surface area contributed by atoms with Crippen LogP contribution in [0.25, 0.3) is 0 Å². The lowest BCUT2D eigenvalue weighted by Gasteiger charge is -2.24. The molecule has 9 heteroatoms. The fourth-order valence-electron chi connectivity index (χ4n) is 4.70. The van der Waals surface area contributed by atoms with Gasteiger partial charge >= 0.3 is 0 Å². The SMILES string of the molecule is CC(C(=O)Nc1ccccc1CN1CCc2ccccc21)N1C(=O)c2cccc([N+](=O)[O-])c2C1=O. The van der Waals surface area contributed by atoms with Crippen LogP contribution in [-0.4, -0.2) is 40.1 Å². The summed E-state index contributed by atoms with van der Waals surface area (Å²) in [5.74, 6) is -2.13. The molecule has 0 aromatic heterocycles. The van der Waals surface area contributed by atoms with Gasteiger partial charge in [-0.2, -0.15) is 0 Å². The summed E-state index contributed by atoms with van der Waals surface area (Å²) in [6, 6.07) is 18.3. The highest BCUT2D eigenvalue weighted by Crippen LogP contribution is 2.33. The van der Waals surface area contributed by atoms with Crippen molar-refractivity contribution in [1.82, 2.24) is 4.90 Å². The molecule has 0 spiro atoms. The summed E-state index contributed by atoms with van der Waals surface area (Å²) in [6.45, 7) is 2.88. The van der Waals surface area contributed by atoms with Gasteiger partial charge in [-0.3, -0.25) is 29.4 Å². The highest BCUT2D eigenvalue weighted by Gasteiger charge is 2.44. The van der Waals surface area contributed by atoms with Crippen molar-refractivity contribution in [3.63, 3.8) is 0 Å². The Morgan fingerprint density at radius 1 is 1.03 bits per heavy atom. The van der Waals surface area contributed by atoms with Gasteiger partial charge in [0.05, 0.1) is 10.5 Å². The van der Waals surface area contributed by atoms with Gasteiger partial charge in [-0.25, -0.2) is 0 Å². The molecule has 1 unspecified atom stereocenters. The summed E-state index contributed by atoms with van der Waals surface area (Å²) < 4.78 is 0. The first kappa shape index (κ1) is 22.3. The third-order valence-corrected chi connectivity index (χ3v) is 6.51. The number of nitro groups is 1. The van der Waals surface area contributed by atoms with E-state index in [4.69, 9.17) is 0 Å². The molecule has 2 aliphatic heterocycles. The smallest absolute Gasteiger partial charge is 0.282 e. The van der Waals surface area contributed by atoms with Gasteiger partial charge in [0, 0.05) is 30.5 Å². The van der Waals surface area contributed by atoms with E-state index < -0.39 is 34.4 Å². The zero-order chi connectivity index (χ0) is 24.7. The number of fused-ring (bicyclic) bond motifs is 2. The standard InChI is InChI=1S/C26H22N4O5/c1-16(29-25(32)19-9-6-12-22(30(34)35)23(19)26(29)33)24(31)27-20-10-4-2-8-18(20)15-28-14-13-17-7-3-5-11-21(17)28/h2-12,16H,13-15H2,1H3,(H,27,31). The third kappa shape index (κ3) is 3.80. The number of carbonyl (C=O) groups excluding carboxylic acids is 3. The van der Waals surface area contributed by atoms with Crippen LogP contribution in [0.2, 0.25) is 0 Å². The van der Waals surface area contributed by atoms with Crippen molar-refractivity contribution in [2.75, 3.05) is 16.8 Å². The highest BCUT2D eigenvalue weighted by atomic mass is 16.6. The van der Waals surface area contributed by atoms with Crippen LogP contribution >= 0.6 is 0 Å². The number of nitro benzene ring substituents is 1. The molecule has 9 nitrogen and oxygen atoms in total. The number of carbonyl (C=O) groups is 3. The van der Waals surface area contributed by atoms with Gasteiger partial charge in [0.2, 0.25) is 5.91 Å². The fourth-order valence-corrected chi connectivity index (χ4v) is 4.70. The molecular formula is C26H22N4O5. The Hall–Kier alpha value is -4.53. The first-order valence-corrected chi connectivity index (χ1v) is 11.2. The first-order valence-electron chi connectivity index (χ1n) is 11.2. The van der Waals surface area contributed by atoms with Gasteiger partial charge in [0.25, 0.3) is 17.5 Å². The van der Waals surface area contributed by atoms with Gasteiger partial charge in [-0.05, 0) is 42.7 Å². The van der Waals surface area contributed by atoms with Crippen molar-refractivity contribution in [3.05, 3.63) is 99.1 Å². The average Bonchev–Trinajstić information content (AvgIpc) is 3.38. The van der Waals surface area contributed by atoms with Crippen molar-refractivity contribution in [3.8, 4) is 0 Å². The number of para-hydroxylation sites is 2. The van der Waals surface area contributed by atoms with E-state index in [1.54, 1.807) is 12.1 Å². The Morgan fingerprint density at radius 3 is 2.57 bits per heavy atom. The van der Waals surface area contributed by atoms with Crippen molar-refractivity contribution in [1.29, 1.82) is 0 Å². The predicted octanol–water partition coefficient (Wildman–Crippen LogP) is 3.78. The molecule has 35 heavy (non-hydrogen) atoms. The quantitative estimate of drug-likeness (QED) is 0.333. The number of hydrogen-bond acceptors (Lipinski definition) is 6. The molecule has 1 atom stereocenters. The van der Waals surface area contributed by atoms with Gasteiger partial charge < -0.3 is 10.2 Å². The number of anilines is 2. The second kappa shape index (κ2) is 8.68. The molecule has 3 aromatic rings. The minimum atomic E-state index is -1.16. The third-order valence-electron chi connectivity index (χ3n) is 6.51. The molecule has 176 valence electrons. The van der Waals surface area contributed by atoms with E-state index in [0.717, 1.165) is 29.1 Å². The molecule has 3 aromatic carbocycles. The molecule has 0 aliphatic carbocycles. The number of rotatable bonds is 6. The number of imide groups is 1. The Kier molecular flexibility index (Phi) is 5.52. The van der Waals surface area contributed by atoms with Gasteiger partial charge in [0.15, 0.2) is 0 Å². The van der Waals surface area contributed by atoms with E-state index in [1.165, 1.54) is 30.7 Å². The summed E-state index contributed by atoms with van der Waals surface area (Å²) >= 11 is 0. The molecule has 1 N–H and O–H groups in total. The van der Waals surface area contributed by atoms with Crippen molar-refractivity contribution in [2.24, 2.45) is 0 Å². The minimum Gasteiger partial charge on any atom is -0.367 e. The van der Waals surface area contributed by atoms with Crippen LogP contribution < -0.4 is 10.2 Å². The van der Waals surface area contributed by atoms with E-state index in [2.05, 4.69) is 22.3 Å². The van der Waals surface area contributed by atoms with Crippen LogP contribution in [0.4, 0.5) is 17.1 Å².